The Morgan fingerprint density at radius 3 is 2.32 bits per heavy atom. The van der Waals surface area contributed by atoms with Crippen LogP contribution in [0.2, 0.25) is 0 Å². The zero-order chi connectivity index (χ0) is 13.4. The van der Waals surface area contributed by atoms with Crippen LogP contribution in [0, 0.1) is 5.82 Å². The van der Waals surface area contributed by atoms with Crippen molar-refractivity contribution in [2.45, 2.75) is 25.3 Å². The Hall–Kier alpha value is -1.75. The molecule has 4 nitrogen and oxygen atoms in total. The van der Waals surface area contributed by atoms with Crippen molar-refractivity contribution in [2.24, 2.45) is 0 Å². The van der Waals surface area contributed by atoms with Gasteiger partial charge >= 0.3 is 0 Å². The lowest BCUT2D eigenvalue weighted by molar-refractivity contribution is -0.122. The number of carbonyl (C=O) groups excluding carboxylic acids is 2. The molecule has 0 aliphatic carbocycles. The molecule has 3 rings (SSSR count). The van der Waals surface area contributed by atoms with Gasteiger partial charge in [-0.1, -0.05) is 0 Å². The second-order valence-electron chi connectivity index (χ2n) is 5.01. The summed E-state index contributed by atoms with van der Waals surface area (Å²) in [6.45, 7) is 1.75. The fourth-order valence-electron chi connectivity index (χ4n) is 2.82. The second-order valence-corrected chi connectivity index (χ2v) is 5.01. The topological polar surface area (TPSA) is 40.6 Å². The average Bonchev–Trinajstić information content (AvgIpc) is 3.00. The highest BCUT2D eigenvalue weighted by molar-refractivity contribution is 6.22. The monoisotopic (exact) mass is 262 g/mol. The predicted octanol–water partition coefficient (Wildman–Crippen LogP) is 1.55. The van der Waals surface area contributed by atoms with Gasteiger partial charge in [-0.05, 0) is 50.2 Å². The summed E-state index contributed by atoms with van der Waals surface area (Å²) in [5.41, 5.74) is 0.457. The standard InChI is InChI=1S/C14H15FN2O2/c15-10-3-5-11(6-4-10)17-13(18)9-12(14(17)19)16-7-1-2-8-16/h3-6,12H,1-2,7-9H2/t12-/m1/s1. The van der Waals surface area contributed by atoms with E-state index in [2.05, 4.69) is 4.90 Å². The lowest BCUT2D eigenvalue weighted by Crippen LogP contribution is -2.40. The number of halogens is 1. The molecule has 2 fully saturated rings. The van der Waals surface area contributed by atoms with E-state index in [1.807, 2.05) is 0 Å². The minimum Gasteiger partial charge on any atom is -0.292 e. The molecule has 0 saturated carbocycles. The Morgan fingerprint density at radius 2 is 1.68 bits per heavy atom. The number of anilines is 1. The zero-order valence-electron chi connectivity index (χ0n) is 10.5. The van der Waals surface area contributed by atoms with Gasteiger partial charge in [-0.25, -0.2) is 9.29 Å². The highest BCUT2D eigenvalue weighted by Gasteiger charge is 2.43. The summed E-state index contributed by atoms with van der Waals surface area (Å²) in [4.78, 5) is 27.6. The molecular weight excluding hydrogens is 247 g/mol. The average molecular weight is 262 g/mol. The summed E-state index contributed by atoms with van der Waals surface area (Å²) in [5, 5.41) is 0. The predicted molar refractivity (Wildman–Crippen MR) is 68.1 cm³/mol. The molecule has 2 saturated heterocycles. The molecule has 2 aliphatic rings. The minimum absolute atomic E-state index is 0.182. The molecule has 0 radical (unpaired) electrons. The van der Waals surface area contributed by atoms with Gasteiger partial charge in [0.2, 0.25) is 5.91 Å². The summed E-state index contributed by atoms with van der Waals surface area (Å²) in [6.07, 6.45) is 2.39. The molecule has 19 heavy (non-hydrogen) atoms. The molecule has 2 heterocycles. The molecule has 5 heteroatoms. The van der Waals surface area contributed by atoms with Crippen LogP contribution in [0.15, 0.2) is 24.3 Å². The maximum absolute atomic E-state index is 12.9. The molecule has 1 atom stereocenters. The van der Waals surface area contributed by atoms with Gasteiger partial charge in [-0.2, -0.15) is 0 Å². The van der Waals surface area contributed by atoms with Gasteiger partial charge < -0.3 is 0 Å². The van der Waals surface area contributed by atoms with Crippen LogP contribution in [0.3, 0.4) is 0 Å². The van der Waals surface area contributed by atoms with Gasteiger partial charge in [-0.3, -0.25) is 14.5 Å². The summed E-state index contributed by atoms with van der Waals surface area (Å²) >= 11 is 0. The number of benzene rings is 1. The van der Waals surface area contributed by atoms with Crippen LogP contribution in [0.5, 0.6) is 0 Å². The summed E-state index contributed by atoms with van der Waals surface area (Å²) in [6, 6.07) is 5.13. The molecule has 100 valence electrons. The van der Waals surface area contributed by atoms with E-state index in [9.17, 15) is 14.0 Å². The number of amides is 2. The van der Waals surface area contributed by atoms with Crippen molar-refractivity contribution in [3.05, 3.63) is 30.1 Å². The van der Waals surface area contributed by atoms with E-state index in [4.69, 9.17) is 0 Å². The fourth-order valence-corrected chi connectivity index (χ4v) is 2.82. The van der Waals surface area contributed by atoms with Crippen molar-refractivity contribution in [1.29, 1.82) is 0 Å². The van der Waals surface area contributed by atoms with Gasteiger partial charge in [0.15, 0.2) is 0 Å². The molecule has 0 unspecified atom stereocenters. The van der Waals surface area contributed by atoms with E-state index in [0.29, 0.717) is 5.69 Å². The van der Waals surface area contributed by atoms with Crippen LogP contribution < -0.4 is 4.90 Å². The van der Waals surface area contributed by atoms with Crippen molar-refractivity contribution < 1.29 is 14.0 Å². The number of hydrogen-bond acceptors (Lipinski definition) is 3. The third-order valence-corrected chi connectivity index (χ3v) is 3.79. The number of imide groups is 1. The molecule has 0 spiro atoms. The molecular formula is C14H15FN2O2. The third-order valence-electron chi connectivity index (χ3n) is 3.79. The first kappa shape index (κ1) is 12.3. The van der Waals surface area contributed by atoms with Gasteiger partial charge in [0, 0.05) is 0 Å². The first-order valence-electron chi connectivity index (χ1n) is 6.53. The maximum Gasteiger partial charge on any atom is 0.251 e. The highest BCUT2D eigenvalue weighted by atomic mass is 19.1. The van der Waals surface area contributed by atoms with Crippen LogP contribution in [-0.4, -0.2) is 35.8 Å². The molecule has 1 aromatic rings. The fraction of sp³-hybridized carbons (Fsp3) is 0.429. The Bertz CT molecular complexity index is 509. The Morgan fingerprint density at radius 1 is 1.05 bits per heavy atom. The molecule has 0 bridgehead atoms. The van der Waals surface area contributed by atoms with Crippen molar-refractivity contribution in [3.63, 3.8) is 0 Å². The maximum atomic E-state index is 12.9. The van der Waals surface area contributed by atoms with Crippen molar-refractivity contribution in [2.75, 3.05) is 18.0 Å². The summed E-state index contributed by atoms with van der Waals surface area (Å²) < 4.78 is 12.9. The minimum atomic E-state index is -0.376. The van der Waals surface area contributed by atoms with Gasteiger partial charge in [-0.15, -0.1) is 0 Å². The van der Waals surface area contributed by atoms with Crippen LogP contribution >= 0.6 is 0 Å². The van der Waals surface area contributed by atoms with Crippen LogP contribution in [0.4, 0.5) is 10.1 Å². The quantitative estimate of drug-likeness (QED) is 0.759. The SMILES string of the molecule is O=C1C[C@@H](N2CCCC2)C(=O)N1c1ccc(F)cc1. The Balaban J connectivity index is 1.84. The molecule has 0 aromatic heterocycles. The van der Waals surface area contributed by atoms with Crippen LogP contribution in [-0.2, 0) is 9.59 Å². The van der Waals surface area contributed by atoms with Gasteiger partial charge in [0.1, 0.15) is 5.82 Å². The van der Waals surface area contributed by atoms with Crippen molar-refractivity contribution in [3.8, 4) is 0 Å². The van der Waals surface area contributed by atoms with E-state index >= 15 is 0 Å². The Kier molecular flexibility index (Phi) is 3.06. The molecule has 2 aliphatic heterocycles. The lowest BCUT2D eigenvalue weighted by Gasteiger charge is -2.21. The van der Waals surface area contributed by atoms with Crippen molar-refractivity contribution >= 4 is 17.5 Å². The van der Waals surface area contributed by atoms with Crippen LogP contribution in [0.1, 0.15) is 19.3 Å². The smallest absolute Gasteiger partial charge is 0.251 e. The van der Waals surface area contributed by atoms with E-state index < -0.39 is 0 Å². The molecule has 0 N–H and O–H groups in total. The zero-order valence-corrected chi connectivity index (χ0v) is 10.5. The largest absolute Gasteiger partial charge is 0.292 e. The number of nitrogens with zero attached hydrogens (tertiary/aromatic N) is 2. The lowest BCUT2D eigenvalue weighted by atomic mass is 10.2. The Labute approximate surface area is 110 Å². The van der Waals surface area contributed by atoms with E-state index in [1.165, 1.54) is 29.2 Å². The normalized spacial score (nSPS) is 24.5. The molecule has 1 aromatic carbocycles. The highest BCUT2D eigenvalue weighted by Crippen LogP contribution is 2.27. The van der Waals surface area contributed by atoms with Crippen molar-refractivity contribution in [1.82, 2.24) is 4.90 Å². The number of hydrogen-bond donors (Lipinski definition) is 0. The summed E-state index contributed by atoms with van der Waals surface area (Å²) in [7, 11) is 0. The van der Waals surface area contributed by atoms with Crippen LogP contribution in [0.25, 0.3) is 0 Å². The number of carbonyl (C=O) groups is 2. The van der Waals surface area contributed by atoms with Gasteiger partial charge in [0.25, 0.3) is 5.91 Å². The third kappa shape index (κ3) is 2.14. The number of rotatable bonds is 2. The summed E-state index contributed by atoms with van der Waals surface area (Å²) in [5.74, 6) is -0.758. The first-order chi connectivity index (χ1) is 9.16. The van der Waals surface area contributed by atoms with E-state index in [-0.39, 0.29) is 30.1 Å². The second kappa shape index (κ2) is 4.74. The van der Waals surface area contributed by atoms with Gasteiger partial charge in [0.05, 0.1) is 18.2 Å². The number of likely N-dealkylation sites (tertiary alicyclic amines) is 1. The molecule has 2 amide bonds. The van der Waals surface area contributed by atoms with E-state index in [0.717, 1.165) is 25.9 Å². The van der Waals surface area contributed by atoms with E-state index in [1.54, 1.807) is 0 Å². The first-order valence-corrected chi connectivity index (χ1v) is 6.53.